The molecule has 4 rings (SSSR count). The average Bonchev–Trinajstić information content (AvgIpc) is 2.75. The van der Waals surface area contributed by atoms with Crippen LogP contribution in [-0.2, 0) is 12.6 Å². The van der Waals surface area contributed by atoms with Crippen molar-refractivity contribution in [2.45, 2.75) is 69.1 Å². The fourth-order valence-corrected chi connectivity index (χ4v) is 4.77. The van der Waals surface area contributed by atoms with E-state index >= 15 is 0 Å². The highest BCUT2D eigenvalue weighted by Crippen LogP contribution is 2.40. The van der Waals surface area contributed by atoms with Crippen molar-refractivity contribution in [1.82, 2.24) is 15.3 Å². The minimum absolute atomic E-state index is 0.00612. The summed E-state index contributed by atoms with van der Waals surface area (Å²) in [5.74, 6) is -3.37. The van der Waals surface area contributed by atoms with Crippen molar-refractivity contribution in [3.8, 4) is 0 Å². The molecule has 0 aliphatic carbocycles. The van der Waals surface area contributed by atoms with Gasteiger partial charge in [-0.3, -0.25) is 4.98 Å². The second-order valence-corrected chi connectivity index (χ2v) is 9.21. The van der Waals surface area contributed by atoms with Crippen LogP contribution in [0.15, 0.2) is 30.6 Å². The van der Waals surface area contributed by atoms with E-state index in [0.717, 1.165) is 23.0 Å². The molecule has 0 amide bonds. The quantitative estimate of drug-likeness (QED) is 0.524. The number of hydrogen-bond donors (Lipinski definition) is 1. The molecule has 34 heavy (non-hydrogen) atoms. The first-order valence-electron chi connectivity index (χ1n) is 11.1. The van der Waals surface area contributed by atoms with Crippen LogP contribution in [0.2, 0.25) is 0 Å². The van der Waals surface area contributed by atoms with Crippen molar-refractivity contribution in [1.29, 1.82) is 0 Å². The fourth-order valence-electron chi connectivity index (χ4n) is 4.77. The molecule has 4 heterocycles. The fraction of sp³-hybridized carbons (Fsp3) is 0.565. The first kappa shape index (κ1) is 24.7. The molecule has 2 aromatic heterocycles. The molecule has 3 unspecified atom stereocenters. The molecular formula is C23H25F7N4. The largest absolute Gasteiger partial charge is 0.419 e. The van der Waals surface area contributed by atoms with Crippen LogP contribution in [0.4, 0.5) is 36.6 Å². The van der Waals surface area contributed by atoms with E-state index in [1.165, 1.54) is 18.5 Å². The highest BCUT2D eigenvalue weighted by Gasteiger charge is 2.47. The summed E-state index contributed by atoms with van der Waals surface area (Å²) < 4.78 is 92.6. The molecule has 2 aromatic rings. The minimum Gasteiger partial charge on any atom is -0.344 e. The van der Waals surface area contributed by atoms with Gasteiger partial charge < -0.3 is 10.2 Å². The van der Waals surface area contributed by atoms with E-state index in [4.69, 9.17) is 0 Å². The van der Waals surface area contributed by atoms with Gasteiger partial charge in [0.25, 0.3) is 12.3 Å². The third kappa shape index (κ3) is 5.61. The van der Waals surface area contributed by atoms with Crippen LogP contribution < -0.4 is 10.2 Å². The van der Waals surface area contributed by atoms with E-state index in [0.29, 0.717) is 24.8 Å². The molecule has 0 radical (unpaired) electrons. The van der Waals surface area contributed by atoms with Crippen molar-refractivity contribution in [3.05, 3.63) is 53.0 Å². The van der Waals surface area contributed by atoms with Gasteiger partial charge in [-0.1, -0.05) is 6.07 Å². The summed E-state index contributed by atoms with van der Waals surface area (Å²) >= 11 is 0. The standard InChI is InChI=1S/C23H25F7N4/c1-13-6-16(15-3-5-19(20(24)25)31-10-15)8-17(33-13)4-2-14-7-18(23(28,29)30)21(32-9-14)34-11-22(26,27)12-34/h3,5,7,9-10,13,16-17,20,33H,2,4,6,8,11-12H2,1H3. The average molecular weight is 490 g/mol. The second kappa shape index (κ2) is 9.31. The van der Waals surface area contributed by atoms with Crippen LogP contribution in [0.5, 0.6) is 0 Å². The molecule has 2 aliphatic heterocycles. The molecular weight excluding hydrogens is 465 g/mol. The van der Waals surface area contributed by atoms with Crippen molar-refractivity contribution in [3.63, 3.8) is 0 Å². The van der Waals surface area contributed by atoms with Gasteiger partial charge in [0.1, 0.15) is 11.5 Å². The summed E-state index contributed by atoms with van der Waals surface area (Å²) in [4.78, 5) is 8.66. The van der Waals surface area contributed by atoms with Gasteiger partial charge in [0.2, 0.25) is 0 Å². The number of hydrogen-bond acceptors (Lipinski definition) is 4. The zero-order valence-corrected chi connectivity index (χ0v) is 18.4. The maximum absolute atomic E-state index is 13.6. The highest BCUT2D eigenvalue weighted by molar-refractivity contribution is 5.52. The lowest BCUT2D eigenvalue weighted by Crippen LogP contribution is -2.57. The second-order valence-electron chi connectivity index (χ2n) is 9.21. The zero-order chi connectivity index (χ0) is 24.7. The Morgan fingerprint density at radius 2 is 1.85 bits per heavy atom. The monoisotopic (exact) mass is 490 g/mol. The van der Waals surface area contributed by atoms with Crippen LogP contribution in [0.3, 0.4) is 0 Å². The number of aromatic nitrogens is 2. The number of piperidine rings is 1. The number of anilines is 1. The predicted octanol–water partition coefficient (Wildman–Crippen LogP) is 5.75. The van der Waals surface area contributed by atoms with Gasteiger partial charge in [-0.05, 0) is 61.8 Å². The molecule has 0 bridgehead atoms. The number of aryl methyl sites for hydroxylation is 1. The van der Waals surface area contributed by atoms with Gasteiger partial charge >= 0.3 is 6.18 Å². The zero-order valence-electron chi connectivity index (χ0n) is 18.4. The Labute approximate surface area is 192 Å². The van der Waals surface area contributed by atoms with Gasteiger partial charge in [0.05, 0.1) is 18.7 Å². The van der Waals surface area contributed by atoms with E-state index < -0.39 is 43.0 Å². The summed E-state index contributed by atoms with van der Waals surface area (Å²) in [6.07, 6.45) is -2.19. The van der Waals surface area contributed by atoms with Crippen molar-refractivity contribution >= 4 is 5.82 Å². The van der Waals surface area contributed by atoms with Crippen molar-refractivity contribution in [2.24, 2.45) is 0 Å². The number of rotatable bonds is 6. The molecule has 4 nitrogen and oxygen atoms in total. The molecule has 3 atom stereocenters. The number of pyridine rings is 2. The van der Waals surface area contributed by atoms with Crippen LogP contribution in [0.1, 0.15) is 60.9 Å². The number of halogens is 7. The predicted molar refractivity (Wildman–Crippen MR) is 112 cm³/mol. The molecule has 2 fully saturated rings. The van der Waals surface area contributed by atoms with Gasteiger partial charge in [-0.15, -0.1) is 0 Å². The normalized spacial score (nSPS) is 24.9. The Hall–Kier alpha value is -2.43. The maximum atomic E-state index is 13.6. The van der Waals surface area contributed by atoms with Crippen molar-refractivity contribution < 1.29 is 30.7 Å². The Morgan fingerprint density at radius 1 is 1.12 bits per heavy atom. The Balaban J connectivity index is 1.43. The molecule has 2 aliphatic rings. The third-order valence-corrected chi connectivity index (χ3v) is 6.39. The smallest absolute Gasteiger partial charge is 0.344 e. The molecule has 2 saturated heterocycles. The summed E-state index contributed by atoms with van der Waals surface area (Å²) in [6, 6.07) is 4.12. The maximum Gasteiger partial charge on any atom is 0.419 e. The number of nitrogens with one attached hydrogen (secondary N) is 1. The Kier molecular flexibility index (Phi) is 6.76. The minimum atomic E-state index is -4.71. The van der Waals surface area contributed by atoms with E-state index in [2.05, 4.69) is 15.3 Å². The summed E-state index contributed by atoms with van der Waals surface area (Å²) in [5, 5.41) is 3.44. The molecule has 0 spiro atoms. The van der Waals surface area contributed by atoms with E-state index in [1.807, 2.05) is 6.92 Å². The van der Waals surface area contributed by atoms with Gasteiger partial charge in [-0.2, -0.15) is 13.2 Å². The summed E-state index contributed by atoms with van der Waals surface area (Å²) in [6.45, 7) is 0.447. The van der Waals surface area contributed by atoms with Crippen LogP contribution in [-0.4, -0.2) is 41.1 Å². The lowest BCUT2D eigenvalue weighted by Gasteiger charge is -2.40. The van der Waals surface area contributed by atoms with Crippen molar-refractivity contribution in [2.75, 3.05) is 18.0 Å². The first-order valence-corrected chi connectivity index (χ1v) is 11.1. The Morgan fingerprint density at radius 3 is 2.44 bits per heavy atom. The number of nitrogens with zero attached hydrogens (tertiary/aromatic N) is 3. The molecule has 11 heteroatoms. The molecule has 1 N–H and O–H groups in total. The summed E-state index contributed by atoms with van der Waals surface area (Å²) in [5.41, 5.74) is -0.0449. The van der Waals surface area contributed by atoms with Crippen LogP contribution in [0.25, 0.3) is 0 Å². The molecule has 0 saturated carbocycles. The van der Waals surface area contributed by atoms with Gasteiger partial charge in [-0.25, -0.2) is 22.5 Å². The lowest BCUT2D eigenvalue weighted by atomic mass is 9.82. The van der Waals surface area contributed by atoms with E-state index in [1.54, 1.807) is 6.07 Å². The van der Waals surface area contributed by atoms with Crippen LogP contribution >= 0.6 is 0 Å². The molecule has 186 valence electrons. The topological polar surface area (TPSA) is 41.1 Å². The third-order valence-electron chi connectivity index (χ3n) is 6.39. The van der Waals surface area contributed by atoms with E-state index in [9.17, 15) is 30.7 Å². The first-order chi connectivity index (χ1) is 15.9. The van der Waals surface area contributed by atoms with E-state index in [-0.39, 0.29) is 23.7 Å². The van der Waals surface area contributed by atoms with Crippen LogP contribution in [0, 0.1) is 0 Å². The van der Waals surface area contributed by atoms with Gasteiger partial charge in [0.15, 0.2) is 0 Å². The SMILES string of the molecule is CC1CC(c2ccc(C(F)F)nc2)CC(CCc2cnc(N3CC(F)(F)C3)c(C(F)(F)F)c2)N1. The molecule has 0 aromatic carbocycles. The lowest BCUT2D eigenvalue weighted by molar-refractivity contribution is -0.137. The van der Waals surface area contributed by atoms with Gasteiger partial charge in [0, 0.05) is 24.5 Å². The number of alkyl halides is 7. The summed E-state index contributed by atoms with van der Waals surface area (Å²) in [7, 11) is 0. The highest BCUT2D eigenvalue weighted by atomic mass is 19.4. The Bertz CT molecular complexity index is 986.